The molecule has 0 radical (unpaired) electrons. The lowest BCUT2D eigenvalue weighted by atomic mass is 10.1. The summed E-state index contributed by atoms with van der Waals surface area (Å²) in [5.74, 6) is 0. The van der Waals surface area contributed by atoms with Crippen molar-refractivity contribution in [2.45, 2.75) is 45.8 Å². The van der Waals surface area contributed by atoms with Crippen LogP contribution in [0.2, 0.25) is 0 Å². The predicted molar refractivity (Wildman–Crippen MR) is 95.0 cm³/mol. The lowest BCUT2D eigenvalue weighted by Gasteiger charge is -2.41. The molecule has 118 valence electrons. The Morgan fingerprint density at radius 1 is 1.33 bits per heavy atom. The average Bonchev–Trinajstić information content (AvgIpc) is 2.46. The van der Waals surface area contributed by atoms with E-state index in [1.165, 1.54) is 17.7 Å². The highest BCUT2D eigenvalue weighted by Gasteiger charge is 2.24. The van der Waals surface area contributed by atoms with Gasteiger partial charge in [0.2, 0.25) is 0 Å². The Bertz CT molecular complexity index is 461. The van der Waals surface area contributed by atoms with E-state index in [4.69, 9.17) is 0 Å². The van der Waals surface area contributed by atoms with Gasteiger partial charge in [0.05, 0.1) is 0 Å². The maximum Gasteiger partial charge on any atom is 0.0413 e. The minimum atomic E-state index is 0.507. The molecule has 1 atom stereocenters. The Morgan fingerprint density at radius 3 is 2.76 bits per heavy atom. The van der Waals surface area contributed by atoms with Gasteiger partial charge in [-0.25, -0.2) is 0 Å². The van der Waals surface area contributed by atoms with Gasteiger partial charge in [-0.2, -0.15) is 0 Å². The zero-order valence-electron chi connectivity index (χ0n) is 13.7. The Hall–Kier alpha value is -0.580. The molecule has 0 spiro atoms. The van der Waals surface area contributed by atoms with Crippen LogP contribution in [0.15, 0.2) is 22.7 Å². The van der Waals surface area contributed by atoms with Gasteiger partial charge in [0, 0.05) is 48.4 Å². The van der Waals surface area contributed by atoms with Crippen LogP contribution in [0.1, 0.15) is 32.8 Å². The first kappa shape index (κ1) is 16.8. The first-order valence-electron chi connectivity index (χ1n) is 7.98. The molecule has 1 aromatic rings. The first-order chi connectivity index (χ1) is 10.0. The molecule has 21 heavy (non-hydrogen) atoms. The molecule has 4 heteroatoms. The van der Waals surface area contributed by atoms with Crippen LogP contribution >= 0.6 is 15.9 Å². The number of anilines is 1. The van der Waals surface area contributed by atoms with E-state index in [2.05, 4.69) is 77.1 Å². The summed E-state index contributed by atoms with van der Waals surface area (Å²) >= 11 is 3.61. The first-order valence-corrected chi connectivity index (χ1v) is 8.77. The summed E-state index contributed by atoms with van der Waals surface area (Å²) in [5.41, 5.74) is 2.77. The van der Waals surface area contributed by atoms with Crippen LogP contribution in [0.4, 0.5) is 5.69 Å². The van der Waals surface area contributed by atoms with Crippen molar-refractivity contribution in [1.29, 1.82) is 0 Å². The van der Waals surface area contributed by atoms with Gasteiger partial charge in [-0.15, -0.1) is 0 Å². The number of hydrogen-bond acceptors (Lipinski definition) is 3. The summed E-state index contributed by atoms with van der Waals surface area (Å²) in [6.07, 6.45) is 1.21. The van der Waals surface area contributed by atoms with Gasteiger partial charge in [-0.05, 0) is 37.2 Å². The van der Waals surface area contributed by atoms with Crippen molar-refractivity contribution in [2.75, 3.05) is 31.6 Å². The molecule has 1 aromatic carbocycles. The van der Waals surface area contributed by atoms with E-state index < -0.39 is 0 Å². The second kappa shape index (κ2) is 7.61. The Labute approximate surface area is 137 Å². The van der Waals surface area contributed by atoms with Crippen molar-refractivity contribution in [3.63, 3.8) is 0 Å². The number of rotatable bonds is 5. The average molecular weight is 354 g/mol. The fraction of sp³-hybridized carbons (Fsp3) is 0.647. The van der Waals surface area contributed by atoms with Crippen molar-refractivity contribution >= 4 is 21.6 Å². The van der Waals surface area contributed by atoms with Crippen molar-refractivity contribution < 1.29 is 0 Å². The molecule has 1 unspecified atom stereocenters. The molecule has 1 aliphatic rings. The number of hydrogen-bond donors (Lipinski definition) is 1. The second-order valence-electron chi connectivity index (χ2n) is 6.30. The molecular formula is C17H28BrN3. The predicted octanol–water partition coefficient (Wildman–Crippen LogP) is 3.48. The molecule has 1 saturated heterocycles. The van der Waals surface area contributed by atoms with Crippen LogP contribution in [-0.4, -0.2) is 43.7 Å². The fourth-order valence-electron chi connectivity index (χ4n) is 2.92. The zero-order valence-corrected chi connectivity index (χ0v) is 15.3. The summed E-state index contributed by atoms with van der Waals surface area (Å²) in [7, 11) is 2.24. The molecule has 3 nitrogen and oxygen atoms in total. The van der Waals surface area contributed by atoms with E-state index in [9.17, 15) is 0 Å². The molecule has 0 saturated carbocycles. The molecule has 1 fully saturated rings. The molecule has 2 rings (SSSR count). The minimum Gasteiger partial charge on any atom is -0.368 e. The van der Waals surface area contributed by atoms with Crippen molar-refractivity contribution in [3.05, 3.63) is 28.2 Å². The number of halogens is 1. The third kappa shape index (κ3) is 4.44. The number of benzene rings is 1. The highest BCUT2D eigenvalue weighted by molar-refractivity contribution is 9.10. The molecule has 0 amide bonds. The maximum atomic E-state index is 3.61. The quantitative estimate of drug-likeness (QED) is 0.874. The normalized spacial score (nSPS) is 20.3. The summed E-state index contributed by atoms with van der Waals surface area (Å²) in [5, 5.41) is 3.54. The lowest BCUT2D eigenvalue weighted by Crippen LogP contribution is -2.51. The molecular weight excluding hydrogens is 326 g/mol. The fourth-order valence-corrected chi connectivity index (χ4v) is 3.33. The minimum absolute atomic E-state index is 0.507. The molecule has 0 aliphatic carbocycles. The Kier molecular flexibility index (Phi) is 6.08. The summed E-state index contributed by atoms with van der Waals surface area (Å²) < 4.78 is 1.16. The smallest absolute Gasteiger partial charge is 0.0413 e. The van der Waals surface area contributed by atoms with E-state index in [1.807, 2.05) is 0 Å². The van der Waals surface area contributed by atoms with Gasteiger partial charge in [-0.1, -0.05) is 36.7 Å². The van der Waals surface area contributed by atoms with Crippen molar-refractivity contribution in [2.24, 2.45) is 0 Å². The van der Waals surface area contributed by atoms with Crippen molar-refractivity contribution in [1.82, 2.24) is 10.2 Å². The topological polar surface area (TPSA) is 18.5 Å². The van der Waals surface area contributed by atoms with Gasteiger partial charge >= 0.3 is 0 Å². The van der Waals surface area contributed by atoms with E-state index in [0.717, 1.165) is 30.7 Å². The van der Waals surface area contributed by atoms with Crippen LogP contribution in [-0.2, 0) is 6.54 Å². The highest BCUT2D eigenvalue weighted by Crippen LogP contribution is 2.27. The van der Waals surface area contributed by atoms with E-state index in [-0.39, 0.29) is 0 Å². The van der Waals surface area contributed by atoms with E-state index >= 15 is 0 Å². The Morgan fingerprint density at radius 2 is 2.10 bits per heavy atom. The second-order valence-corrected chi connectivity index (χ2v) is 7.21. The van der Waals surface area contributed by atoms with Crippen molar-refractivity contribution in [3.8, 4) is 0 Å². The number of likely N-dealkylation sites (N-methyl/N-ethyl adjacent to an activating group) is 1. The largest absolute Gasteiger partial charge is 0.368 e. The third-order valence-electron chi connectivity index (χ3n) is 4.33. The standard InChI is InChI=1S/C17H28BrN3/c1-5-16-12-21(9-8-20(16)4)17-7-6-15(18)10-14(17)11-19-13(2)3/h6-7,10,13,16,19H,5,8-9,11-12H2,1-4H3. The van der Waals surface area contributed by atoms with Gasteiger partial charge in [0.15, 0.2) is 0 Å². The highest BCUT2D eigenvalue weighted by atomic mass is 79.9. The van der Waals surface area contributed by atoms with E-state index in [0.29, 0.717) is 12.1 Å². The van der Waals surface area contributed by atoms with E-state index in [1.54, 1.807) is 0 Å². The van der Waals surface area contributed by atoms with Crippen LogP contribution in [0, 0.1) is 0 Å². The monoisotopic (exact) mass is 353 g/mol. The number of piperazine rings is 1. The van der Waals surface area contributed by atoms with Gasteiger partial charge in [0.1, 0.15) is 0 Å². The maximum absolute atomic E-state index is 3.61. The Balaban J connectivity index is 2.18. The molecule has 1 N–H and O–H groups in total. The van der Waals surface area contributed by atoms with Crippen LogP contribution < -0.4 is 10.2 Å². The molecule has 1 aliphatic heterocycles. The van der Waals surface area contributed by atoms with Gasteiger partial charge in [-0.3, -0.25) is 4.90 Å². The zero-order chi connectivity index (χ0) is 15.4. The summed E-state index contributed by atoms with van der Waals surface area (Å²) in [4.78, 5) is 5.04. The SMILES string of the molecule is CCC1CN(c2ccc(Br)cc2CNC(C)C)CCN1C. The molecule has 0 aromatic heterocycles. The number of nitrogens with zero attached hydrogens (tertiary/aromatic N) is 2. The van der Waals surface area contributed by atoms with Crippen LogP contribution in [0.3, 0.4) is 0 Å². The van der Waals surface area contributed by atoms with Crippen LogP contribution in [0.5, 0.6) is 0 Å². The van der Waals surface area contributed by atoms with Crippen LogP contribution in [0.25, 0.3) is 0 Å². The molecule has 0 bridgehead atoms. The van der Waals surface area contributed by atoms with Gasteiger partial charge in [0.25, 0.3) is 0 Å². The third-order valence-corrected chi connectivity index (χ3v) is 4.82. The summed E-state index contributed by atoms with van der Waals surface area (Å²) in [6, 6.07) is 7.85. The van der Waals surface area contributed by atoms with Gasteiger partial charge < -0.3 is 10.2 Å². The lowest BCUT2D eigenvalue weighted by molar-refractivity contribution is 0.213. The number of nitrogens with one attached hydrogen (secondary N) is 1. The molecule has 1 heterocycles. The summed E-state index contributed by atoms with van der Waals surface area (Å²) in [6.45, 7) is 11.0.